The van der Waals surface area contributed by atoms with E-state index in [-0.39, 0.29) is 0 Å². The van der Waals surface area contributed by atoms with E-state index in [2.05, 4.69) is 9.97 Å². The molecule has 0 spiro atoms. The average molecular weight is 147 g/mol. The maximum Gasteiger partial charge on any atom is 0.435 e. The van der Waals surface area contributed by atoms with Crippen molar-refractivity contribution in [1.82, 2.24) is 9.97 Å². The van der Waals surface area contributed by atoms with Gasteiger partial charge in [0.1, 0.15) is 6.20 Å². The Kier molecular flexibility index (Phi) is 1.57. The maximum atomic E-state index is 11.7. The summed E-state index contributed by atoms with van der Waals surface area (Å²) in [4.78, 5) is 6.15. The highest BCUT2D eigenvalue weighted by Gasteiger charge is 2.32. The minimum Gasteiger partial charge on any atom is -0.251 e. The molecule has 1 radical (unpaired) electrons. The molecule has 0 aliphatic carbocycles. The van der Waals surface area contributed by atoms with Crippen LogP contribution in [0, 0.1) is 6.20 Å². The van der Waals surface area contributed by atoms with E-state index in [0.29, 0.717) is 0 Å². The Labute approximate surface area is 54.7 Å². The van der Waals surface area contributed by atoms with Crippen LogP contribution in [0.3, 0.4) is 0 Å². The molecule has 1 rings (SSSR count). The van der Waals surface area contributed by atoms with Crippen molar-refractivity contribution in [3.63, 3.8) is 0 Å². The smallest absolute Gasteiger partial charge is 0.251 e. The van der Waals surface area contributed by atoms with Crippen LogP contribution in [0.1, 0.15) is 5.69 Å². The predicted octanol–water partition coefficient (Wildman–Crippen LogP) is 1.30. The third-order valence-corrected chi connectivity index (χ3v) is 0.784. The monoisotopic (exact) mass is 147 g/mol. The number of hydrogen-bond donors (Lipinski definition) is 0. The molecule has 0 fully saturated rings. The minimum absolute atomic E-state index is 0.972. The second-order valence-electron chi connectivity index (χ2n) is 1.51. The lowest BCUT2D eigenvalue weighted by Gasteiger charge is -2.01. The number of aromatic nitrogens is 2. The van der Waals surface area contributed by atoms with Gasteiger partial charge in [-0.3, -0.25) is 4.98 Å². The van der Waals surface area contributed by atoms with Gasteiger partial charge >= 0.3 is 6.18 Å². The van der Waals surface area contributed by atoms with Crippen LogP contribution in [-0.2, 0) is 6.18 Å². The second kappa shape index (κ2) is 2.24. The highest BCUT2D eigenvalue weighted by atomic mass is 19.4. The van der Waals surface area contributed by atoms with Crippen LogP contribution in [0.5, 0.6) is 0 Å². The third kappa shape index (κ3) is 1.43. The second-order valence-corrected chi connectivity index (χ2v) is 1.51. The summed E-state index contributed by atoms with van der Waals surface area (Å²) in [5, 5.41) is 0. The van der Waals surface area contributed by atoms with Gasteiger partial charge in [-0.2, -0.15) is 13.2 Å². The predicted molar refractivity (Wildman–Crippen MR) is 25.9 cm³/mol. The first-order valence-corrected chi connectivity index (χ1v) is 2.36. The molecule has 1 aromatic rings. The van der Waals surface area contributed by atoms with Crippen molar-refractivity contribution in [3.8, 4) is 0 Å². The van der Waals surface area contributed by atoms with Gasteiger partial charge in [0.25, 0.3) is 0 Å². The molecule has 0 N–H and O–H groups in total. The van der Waals surface area contributed by atoms with Crippen molar-refractivity contribution >= 4 is 0 Å². The van der Waals surface area contributed by atoms with Crippen molar-refractivity contribution in [3.05, 3.63) is 24.3 Å². The molecule has 0 atom stereocenters. The molecule has 0 aromatic carbocycles. The van der Waals surface area contributed by atoms with Gasteiger partial charge in [0.05, 0.1) is 0 Å². The van der Waals surface area contributed by atoms with E-state index >= 15 is 0 Å². The summed E-state index contributed by atoms with van der Waals surface area (Å²) in [6.45, 7) is 0. The lowest BCUT2D eigenvalue weighted by molar-refractivity contribution is -0.141. The van der Waals surface area contributed by atoms with Crippen molar-refractivity contribution < 1.29 is 13.2 Å². The Morgan fingerprint density at radius 2 is 2.00 bits per heavy atom. The van der Waals surface area contributed by atoms with Crippen LogP contribution in [0.4, 0.5) is 13.2 Å². The van der Waals surface area contributed by atoms with Crippen LogP contribution >= 0.6 is 0 Å². The fraction of sp³-hybridized carbons (Fsp3) is 0.200. The number of nitrogens with zero attached hydrogens (tertiary/aromatic N) is 2. The zero-order chi connectivity index (χ0) is 7.61. The zero-order valence-electron chi connectivity index (χ0n) is 4.68. The molecule has 0 saturated heterocycles. The molecule has 10 heavy (non-hydrogen) atoms. The molecule has 0 aliphatic heterocycles. The van der Waals surface area contributed by atoms with Crippen molar-refractivity contribution in [2.45, 2.75) is 6.18 Å². The Morgan fingerprint density at radius 1 is 1.30 bits per heavy atom. The first-order chi connectivity index (χ1) is 4.61. The van der Waals surface area contributed by atoms with E-state index in [9.17, 15) is 13.2 Å². The molecule has 5 heteroatoms. The van der Waals surface area contributed by atoms with E-state index in [1.807, 2.05) is 0 Å². The molecule has 0 amide bonds. The van der Waals surface area contributed by atoms with E-state index < -0.39 is 11.9 Å². The van der Waals surface area contributed by atoms with Crippen molar-refractivity contribution in [2.24, 2.45) is 0 Å². The molecule has 0 saturated carbocycles. The van der Waals surface area contributed by atoms with Crippen LogP contribution < -0.4 is 0 Å². The van der Waals surface area contributed by atoms with Gasteiger partial charge in [0.2, 0.25) is 0 Å². The summed E-state index contributed by atoms with van der Waals surface area (Å²) >= 11 is 0. The highest BCUT2D eigenvalue weighted by molar-refractivity contribution is 4.96. The van der Waals surface area contributed by atoms with Crippen LogP contribution in [0.2, 0.25) is 0 Å². The zero-order valence-corrected chi connectivity index (χ0v) is 4.68. The fourth-order valence-electron chi connectivity index (χ4n) is 0.405. The summed E-state index contributed by atoms with van der Waals surface area (Å²) in [7, 11) is 0. The van der Waals surface area contributed by atoms with Crippen LogP contribution in [-0.4, -0.2) is 9.97 Å². The van der Waals surface area contributed by atoms with E-state index in [4.69, 9.17) is 0 Å². The largest absolute Gasteiger partial charge is 0.435 e. The number of alkyl halides is 3. The first-order valence-electron chi connectivity index (χ1n) is 2.36. The van der Waals surface area contributed by atoms with Crippen molar-refractivity contribution in [2.75, 3.05) is 0 Å². The summed E-state index contributed by atoms with van der Waals surface area (Å²) in [5.41, 5.74) is -1.09. The molecule has 1 aromatic heterocycles. The standard InChI is InChI=1S/C5H2F3N2/c6-5(7,8)4-3-9-1-2-10-4/h1-2H. The number of halogens is 3. The number of rotatable bonds is 0. The molecule has 1 heterocycles. The van der Waals surface area contributed by atoms with Crippen molar-refractivity contribution in [1.29, 1.82) is 0 Å². The molecule has 53 valence electrons. The summed E-state index contributed by atoms with van der Waals surface area (Å²) in [6.07, 6.45) is -0.608. The van der Waals surface area contributed by atoms with Gasteiger partial charge in [0, 0.05) is 12.4 Å². The fourth-order valence-corrected chi connectivity index (χ4v) is 0.405. The molecule has 0 bridgehead atoms. The first kappa shape index (κ1) is 6.98. The van der Waals surface area contributed by atoms with E-state index in [0.717, 1.165) is 12.4 Å². The quantitative estimate of drug-likeness (QED) is 0.552. The van der Waals surface area contributed by atoms with Gasteiger partial charge in [-0.05, 0) is 0 Å². The molecular formula is C5H2F3N2. The third-order valence-electron chi connectivity index (χ3n) is 0.784. The Balaban J connectivity index is 2.97. The Morgan fingerprint density at radius 3 is 2.30 bits per heavy atom. The summed E-state index contributed by atoms with van der Waals surface area (Å²) < 4.78 is 35.0. The van der Waals surface area contributed by atoms with E-state index in [1.165, 1.54) is 0 Å². The minimum atomic E-state index is -4.44. The molecule has 0 unspecified atom stereocenters. The highest BCUT2D eigenvalue weighted by Crippen LogP contribution is 2.25. The summed E-state index contributed by atoms with van der Waals surface area (Å²) in [5.74, 6) is 0. The van der Waals surface area contributed by atoms with Gasteiger partial charge < -0.3 is 0 Å². The number of hydrogen-bond acceptors (Lipinski definition) is 2. The van der Waals surface area contributed by atoms with Crippen LogP contribution in [0.15, 0.2) is 12.4 Å². The normalized spacial score (nSPS) is 11.5. The van der Waals surface area contributed by atoms with Gasteiger partial charge in [-0.1, -0.05) is 0 Å². The topological polar surface area (TPSA) is 25.8 Å². The average Bonchev–Trinajstić information content (AvgIpc) is 1.88. The van der Waals surface area contributed by atoms with Gasteiger partial charge in [-0.25, -0.2) is 4.98 Å². The SMILES string of the molecule is FC(F)(F)c1[c]nccn1. The molecule has 0 aliphatic rings. The lowest BCUT2D eigenvalue weighted by atomic mass is 10.4. The van der Waals surface area contributed by atoms with Gasteiger partial charge in [0.15, 0.2) is 5.69 Å². The van der Waals surface area contributed by atoms with Crippen LogP contribution in [0.25, 0.3) is 0 Å². The maximum absolute atomic E-state index is 11.7. The molecular weight excluding hydrogens is 145 g/mol. The molecule has 2 nitrogen and oxygen atoms in total. The van der Waals surface area contributed by atoms with E-state index in [1.54, 1.807) is 6.20 Å². The summed E-state index contributed by atoms with van der Waals surface area (Å²) in [6, 6.07) is 0. The lowest BCUT2D eigenvalue weighted by Crippen LogP contribution is -2.07. The Bertz CT molecular complexity index is 206. The Hall–Kier alpha value is -1.13. The van der Waals surface area contributed by atoms with Gasteiger partial charge in [-0.15, -0.1) is 0 Å².